The van der Waals surface area contributed by atoms with Gasteiger partial charge < -0.3 is 4.90 Å². The number of carbonyl (C=O) groups is 1. The standard InChI is InChI=1S/C14H15F6NO/c1-9(2)7-21(8-13(15,16)17)12(22)10-5-3-4-6-11(10)14(18,19)20/h3-6,9H,7-8H2,1-2H3. The average Bonchev–Trinajstić information content (AvgIpc) is 2.34. The Labute approximate surface area is 123 Å². The highest BCUT2D eigenvalue weighted by Crippen LogP contribution is 2.32. The second-order valence-corrected chi connectivity index (χ2v) is 5.24. The number of benzene rings is 1. The molecule has 2 nitrogen and oxygen atoms in total. The van der Waals surface area contributed by atoms with Crippen molar-refractivity contribution in [1.82, 2.24) is 4.90 Å². The smallest absolute Gasteiger partial charge is 0.329 e. The first-order valence-electron chi connectivity index (χ1n) is 6.44. The maximum absolute atomic E-state index is 12.9. The van der Waals surface area contributed by atoms with Crippen molar-refractivity contribution in [2.75, 3.05) is 13.1 Å². The van der Waals surface area contributed by atoms with Crippen LogP contribution in [0.3, 0.4) is 0 Å². The van der Waals surface area contributed by atoms with Gasteiger partial charge in [-0.3, -0.25) is 4.79 Å². The average molecular weight is 327 g/mol. The molecule has 0 saturated carbocycles. The van der Waals surface area contributed by atoms with Crippen LogP contribution >= 0.6 is 0 Å². The van der Waals surface area contributed by atoms with Crippen LogP contribution in [0.2, 0.25) is 0 Å². The molecule has 0 spiro atoms. The van der Waals surface area contributed by atoms with Crippen LogP contribution in [0, 0.1) is 5.92 Å². The number of amides is 1. The van der Waals surface area contributed by atoms with Gasteiger partial charge in [0.1, 0.15) is 6.54 Å². The third-order valence-electron chi connectivity index (χ3n) is 2.71. The van der Waals surface area contributed by atoms with Gasteiger partial charge in [0.25, 0.3) is 5.91 Å². The molecule has 22 heavy (non-hydrogen) atoms. The number of carbonyl (C=O) groups excluding carboxylic acids is 1. The molecule has 0 aliphatic heterocycles. The van der Waals surface area contributed by atoms with Crippen molar-refractivity contribution < 1.29 is 31.1 Å². The summed E-state index contributed by atoms with van der Waals surface area (Å²) in [5, 5.41) is 0. The fourth-order valence-electron chi connectivity index (χ4n) is 1.96. The van der Waals surface area contributed by atoms with Crippen LogP contribution in [0.4, 0.5) is 26.3 Å². The van der Waals surface area contributed by atoms with Gasteiger partial charge >= 0.3 is 12.4 Å². The van der Waals surface area contributed by atoms with E-state index in [0.717, 1.165) is 12.1 Å². The van der Waals surface area contributed by atoms with Gasteiger partial charge in [-0.1, -0.05) is 26.0 Å². The molecule has 0 bridgehead atoms. The Kier molecular flexibility index (Phi) is 5.48. The van der Waals surface area contributed by atoms with Crippen LogP contribution in [-0.2, 0) is 6.18 Å². The molecule has 0 aliphatic rings. The number of halogens is 6. The Hall–Kier alpha value is -1.73. The highest BCUT2D eigenvalue weighted by Gasteiger charge is 2.38. The van der Waals surface area contributed by atoms with E-state index in [1.165, 1.54) is 6.07 Å². The van der Waals surface area contributed by atoms with Crippen molar-refractivity contribution in [1.29, 1.82) is 0 Å². The molecule has 0 fully saturated rings. The molecular formula is C14H15F6NO. The summed E-state index contributed by atoms with van der Waals surface area (Å²) in [5.41, 5.74) is -2.02. The van der Waals surface area contributed by atoms with Gasteiger partial charge in [-0.05, 0) is 18.1 Å². The predicted molar refractivity (Wildman–Crippen MR) is 68.2 cm³/mol. The number of rotatable bonds is 4. The molecule has 1 aromatic rings. The molecule has 0 radical (unpaired) electrons. The van der Waals surface area contributed by atoms with Gasteiger partial charge in [0.15, 0.2) is 0 Å². The highest BCUT2D eigenvalue weighted by atomic mass is 19.4. The van der Waals surface area contributed by atoms with Crippen LogP contribution in [0.25, 0.3) is 0 Å². The van der Waals surface area contributed by atoms with Crippen molar-refractivity contribution in [2.24, 2.45) is 5.92 Å². The molecule has 0 atom stereocenters. The van der Waals surface area contributed by atoms with Gasteiger partial charge in [0.05, 0.1) is 11.1 Å². The van der Waals surface area contributed by atoms with Crippen molar-refractivity contribution in [3.63, 3.8) is 0 Å². The topological polar surface area (TPSA) is 20.3 Å². The summed E-state index contributed by atoms with van der Waals surface area (Å²) in [4.78, 5) is 12.5. The zero-order valence-corrected chi connectivity index (χ0v) is 11.9. The van der Waals surface area contributed by atoms with E-state index in [1.807, 2.05) is 0 Å². The Bertz CT molecular complexity index is 521. The van der Waals surface area contributed by atoms with Crippen LogP contribution in [-0.4, -0.2) is 30.1 Å². The summed E-state index contributed by atoms with van der Waals surface area (Å²) >= 11 is 0. The van der Waals surface area contributed by atoms with Gasteiger partial charge in [0.2, 0.25) is 0 Å². The van der Waals surface area contributed by atoms with Crippen molar-refractivity contribution >= 4 is 5.91 Å². The number of nitrogens with zero attached hydrogens (tertiary/aromatic N) is 1. The SMILES string of the molecule is CC(C)CN(CC(F)(F)F)C(=O)c1ccccc1C(F)(F)F. The minimum atomic E-state index is -4.81. The number of hydrogen-bond donors (Lipinski definition) is 0. The molecule has 0 aliphatic carbocycles. The minimum absolute atomic E-state index is 0.287. The summed E-state index contributed by atoms with van der Waals surface area (Å²) in [5.74, 6) is -1.59. The Morgan fingerprint density at radius 1 is 1.09 bits per heavy atom. The Morgan fingerprint density at radius 3 is 2.09 bits per heavy atom. The molecule has 1 aromatic carbocycles. The maximum Gasteiger partial charge on any atom is 0.417 e. The van der Waals surface area contributed by atoms with E-state index >= 15 is 0 Å². The lowest BCUT2D eigenvalue weighted by Crippen LogP contribution is -2.41. The molecular weight excluding hydrogens is 312 g/mol. The van der Waals surface area contributed by atoms with Crippen molar-refractivity contribution in [2.45, 2.75) is 26.2 Å². The van der Waals surface area contributed by atoms with E-state index in [9.17, 15) is 31.1 Å². The third kappa shape index (κ3) is 5.23. The summed E-state index contributed by atoms with van der Waals surface area (Å²) in [6, 6.07) is 3.82. The predicted octanol–water partition coefficient (Wildman–Crippen LogP) is 4.37. The lowest BCUT2D eigenvalue weighted by atomic mass is 10.0. The largest absolute Gasteiger partial charge is 0.417 e. The van der Waals surface area contributed by atoms with E-state index in [-0.39, 0.29) is 12.5 Å². The summed E-state index contributed by atoms with van der Waals surface area (Å²) < 4.78 is 76.3. The number of alkyl halides is 6. The van der Waals surface area contributed by atoms with Crippen LogP contribution < -0.4 is 0 Å². The molecule has 0 N–H and O–H groups in total. The first-order valence-corrected chi connectivity index (χ1v) is 6.44. The molecule has 0 aromatic heterocycles. The van der Waals surface area contributed by atoms with Crippen molar-refractivity contribution in [3.05, 3.63) is 35.4 Å². The molecule has 124 valence electrons. The summed E-state index contributed by atoms with van der Waals surface area (Å²) in [6.07, 6.45) is -9.49. The molecule has 1 rings (SSSR count). The van der Waals surface area contributed by atoms with Crippen LogP contribution in [0.5, 0.6) is 0 Å². The molecule has 0 heterocycles. The number of hydrogen-bond acceptors (Lipinski definition) is 1. The monoisotopic (exact) mass is 327 g/mol. The van der Waals surface area contributed by atoms with E-state index in [0.29, 0.717) is 11.0 Å². The summed E-state index contributed by atoms with van der Waals surface area (Å²) in [7, 11) is 0. The lowest BCUT2D eigenvalue weighted by Gasteiger charge is -2.26. The van der Waals surface area contributed by atoms with Gasteiger partial charge in [-0.2, -0.15) is 26.3 Å². The van der Waals surface area contributed by atoms with Gasteiger partial charge in [-0.15, -0.1) is 0 Å². The first kappa shape index (κ1) is 18.3. The lowest BCUT2D eigenvalue weighted by molar-refractivity contribution is -0.142. The maximum atomic E-state index is 12.9. The van der Waals surface area contributed by atoms with Crippen molar-refractivity contribution in [3.8, 4) is 0 Å². The van der Waals surface area contributed by atoms with Crippen LogP contribution in [0.1, 0.15) is 29.8 Å². The Balaban J connectivity index is 3.19. The van der Waals surface area contributed by atoms with E-state index in [1.54, 1.807) is 13.8 Å². The fraction of sp³-hybridized carbons (Fsp3) is 0.500. The zero-order valence-electron chi connectivity index (χ0n) is 11.9. The summed E-state index contributed by atoms with van der Waals surface area (Å²) in [6.45, 7) is 1.28. The Morgan fingerprint density at radius 2 is 1.64 bits per heavy atom. The first-order chi connectivity index (χ1) is 9.92. The second kappa shape index (κ2) is 6.58. The van der Waals surface area contributed by atoms with Gasteiger partial charge in [-0.25, -0.2) is 0 Å². The molecule has 8 heteroatoms. The second-order valence-electron chi connectivity index (χ2n) is 5.24. The highest BCUT2D eigenvalue weighted by molar-refractivity contribution is 5.96. The van der Waals surface area contributed by atoms with E-state index in [4.69, 9.17) is 0 Å². The van der Waals surface area contributed by atoms with Gasteiger partial charge in [0, 0.05) is 6.54 Å². The zero-order chi connectivity index (χ0) is 17.1. The third-order valence-corrected chi connectivity index (χ3v) is 2.71. The van der Waals surface area contributed by atoms with E-state index in [2.05, 4.69) is 0 Å². The fourth-order valence-corrected chi connectivity index (χ4v) is 1.96. The van der Waals surface area contributed by atoms with E-state index < -0.39 is 35.9 Å². The molecule has 1 amide bonds. The quantitative estimate of drug-likeness (QED) is 0.752. The molecule has 0 unspecified atom stereocenters. The molecule has 0 saturated heterocycles. The van der Waals surface area contributed by atoms with Crippen LogP contribution in [0.15, 0.2) is 24.3 Å². The normalized spacial score (nSPS) is 12.6. The minimum Gasteiger partial charge on any atom is -0.329 e.